The van der Waals surface area contributed by atoms with Crippen LogP contribution < -0.4 is 5.32 Å². The summed E-state index contributed by atoms with van der Waals surface area (Å²) in [5.41, 5.74) is 0. The van der Waals surface area contributed by atoms with Crippen LogP contribution in [-0.2, 0) is 4.79 Å². The Balaban J connectivity index is 3.15. The number of amides is 1. The highest BCUT2D eigenvalue weighted by atomic mass is 16.3. The van der Waals surface area contributed by atoms with Crippen molar-refractivity contribution in [3.63, 3.8) is 0 Å². The third-order valence-corrected chi connectivity index (χ3v) is 1.23. The van der Waals surface area contributed by atoms with E-state index in [1.807, 2.05) is 0 Å². The van der Waals surface area contributed by atoms with Gasteiger partial charge in [0, 0.05) is 19.6 Å². The zero-order chi connectivity index (χ0) is 8.53. The molecule has 3 nitrogen and oxygen atoms in total. The molecule has 0 unspecified atom stereocenters. The Morgan fingerprint density at radius 2 is 2.36 bits per heavy atom. The monoisotopic (exact) mass is 157 g/mol. The molecular weight excluding hydrogens is 142 g/mol. The highest BCUT2D eigenvalue weighted by Crippen LogP contribution is 1.86. The number of nitrogens with one attached hydrogen (secondary N) is 1. The third-order valence-electron chi connectivity index (χ3n) is 1.23. The van der Waals surface area contributed by atoms with E-state index in [9.17, 15) is 4.79 Å². The van der Waals surface area contributed by atoms with Crippen LogP contribution in [-0.4, -0.2) is 24.2 Å². The van der Waals surface area contributed by atoms with Crippen molar-refractivity contribution in [2.45, 2.75) is 19.3 Å². The molecule has 11 heavy (non-hydrogen) atoms. The largest absolute Gasteiger partial charge is 0.396 e. The van der Waals surface area contributed by atoms with Gasteiger partial charge >= 0.3 is 0 Å². The van der Waals surface area contributed by atoms with Crippen molar-refractivity contribution in [1.29, 1.82) is 0 Å². The van der Waals surface area contributed by atoms with Gasteiger partial charge in [-0.2, -0.15) is 0 Å². The van der Waals surface area contributed by atoms with Crippen LogP contribution >= 0.6 is 0 Å². The summed E-state index contributed by atoms with van der Waals surface area (Å²) in [7, 11) is 0. The Morgan fingerprint density at radius 1 is 1.64 bits per heavy atom. The SMILES string of the molecule is C=CCCNC(=O)CCCO. The summed E-state index contributed by atoms with van der Waals surface area (Å²) in [5, 5.41) is 11.1. The van der Waals surface area contributed by atoms with Crippen molar-refractivity contribution in [3.05, 3.63) is 12.7 Å². The molecule has 0 saturated heterocycles. The van der Waals surface area contributed by atoms with Crippen molar-refractivity contribution in [2.24, 2.45) is 0 Å². The van der Waals surface area contributed by atoms with Gasteiger partial charge in [-0.05, 0) is 12.8 Å². The van der Waals surface area contributed by atoms with Crippen LogP contribution in [0.4, 0.5) is 0 Å². The molecule has 0 aromatic heterocycles. The van der Waals surface area contributed by atoms with Gasteiger partial charge in [-0.15, -0.1) is 6.58 Å². The van der Waals surface area contributed by atoms with E-state index in [2.05, 4.69) is 11.9 Å². The second-order valence-corrected chi connectivity index (χ2v) is 2.25. The molecule has 0 bridgehead atoms. The Labute approximate surface area is 67.1 Å². The predicted octanol–water partition coefficient (Wildman–Crippen LogP) is 0.451. The fraction of sp³-hybridized carbons (Fsp3) is 0.625. The van der Waals surface area contributed by atoms with Gasteiger partial charge in [0.25, 0.3) is 0 Å². The molecule has 0 aromatic rings. The van der Waals surface area contributed by atoms with Gasteiger partial charge in [0.1, 0.15) is 0 Å². The maximum Gasteiger partial charge on any atom is 0.220 e. The van der Waals surface area contributed by atoms with E-state index < -0.39 is 0 Å². The zero-order valence-electron chi connectivity index (χ0n) is 6.68. The van der Waals surface area contributed by atoms with Gasteiger partial charge in [-0.1, -0.05) is 6.08 Å². The van der Waals surface area contributed by atoms with Gasteiger partial charge in [0.15, 0.2) is 0 Å². The predicted molar refractivity (Wildman–Crippen MR) is 44.1 cm³/mol. The number of carbonyl (C=O) groups is 1. The first-order chi connectivity index (χ1) is 5.31. The number of aliphatic hydroxyl groups excluding tert-OH is 1. The molecule has 0 aliphatic rings. The van der Waals surface area contributed by atoms with E-state index in [0.29, 0.717) is 19.4 Å². The van der Waals surface area contributed by atoms with Crippen LogP contribution in [0.1, 0.15) is 19.3 Å². The highest BCUT2D eigenvalue weighted by molar-refractivity contribution is 5.75. The lowest BCUT2D eigenvalue weighted by Crippen LogP contribution is -2.23. The van der Waals surface area contributed by atoms with Gasteiger partial charge in [0.2, 0.25) is 5.91 Å². The average Bonchev–Trinajstić information content (AvgIpc) is 2.01. The fourth-order valence-corrected chi connectivity index (χ4v) is 0.642. The highest BCUT2D eigenvalue weighted by Gasteiger charge is 1.97. The molecule has 0 saturated carbocycles. The minimum atomic E-state index is 0.000833. The van der Waals surface area contributed by atoms with Crippen molar-refractivity contribution < 1.29 is 9.90 Å². The molecule has 0 atom stereocenters. The molecule has 64 valence electrons. The number of hydrogen-bond donors (Lipinski definition) is 2. The van der Waals surface area contributed by atoms with E-state index in [4.69, 9.17) is 5.11 Å². The molecule has 3 heteroatoms. The number of aliphatic hydroxyl groups is 1. The Morgan fingerprint density at radius 3 is 2.91 bits per heavy atom. The quantitative estimate of drug-likeness (QED) is 0.434. The van der Waals surface area contributed by atoms with Crippen molar-refractivity contribution in [1.82, 2.24) is 5.32 Å². The Hall–Kier alpha value is -0.830. The fourth-order valence-electron chi connectivity index (χ4n) is 0.642. The van der Waals surface area contributed by atoms with E-state index in [-0.39, 0.29) is 12.5 Å². The summed E-state index contributed by atoms with van der Waals surface area (Å²) in [6.45, 7) is 4.25. The minimum Gasteiger partial charge on any atom is -0.396 e. The van der Waals surface area contributed by atoms with Crippen LogP contribution in [0.2, 0.25) is 0 Å². The topological polar surface area (TPSA) is 49.3 Å². The van der Waals surface area contributed by atoms with Crippen LogP contribution in [0.25, 0.3) is 0 Å². The van der Waals surface area contributed by atoms with E-state index in [1.54, 1.807) is 6.08 Å². The molecule has 2 N–H and O–H groups in total. The van der Waals surface area contributed by atoms with E-state index in [0.717, 1.165) is 6.42 Å². The molecule has 0 spiro atoms. The molecule has 0 fully saturated rings. The Kier molecular flexibility index (Phi) is 6.73. The first-order valence-electron chi connectivity index (χ1n) is 3.79. The van der Waals surface area contributed by atoms with E-state index in [1.165, 1.54) is 0 Å². The van der Waals surface area contributed by atoms with Crippen molar-refractivity contribution >= 4 is 5.91 Å². The lowest BCUT2D eigenvalue weighted by molar-refractivity contribution is -0.121. The second kappa shape index (κ2) is 7.28. The van der Waals surface area contributed by atoms with Gasteiger partial charge in [-0.3, -0.25) is 4.79 Å². The minimum absolute atomic E-state index is 0.000833. The van der Waals surface area contributed by atoms with Crippen LogP contribution in [0.5, 0.6) is 0 Å². The molecule has 1 amide bonds. The maximum absolute atomic E-state index is 10.8. The summed E-state index contributed by atoms with van der Waals surface area (Å²) >= 11 is 0. The summed E-state index contributed by atoms with van der Waals surface area (Å²) in [6, 6.07) is 0. The van der Waals surface area contributed by atoms with Gasteiger partial charge in [0.05, 0.1) is 0 Å². The maximum atomic E-state index is 10.8. The molecular formula is C8H15NO2. The van der Waals surface area contributed by atoms with Gasteiger partial charge in [-0.25, -0.2) is 0 Å². The van der Waals surface area contributed by atoms with Crippen LogP contribution in [0.3, 0.4) is 0 Å². The molecule has 0 rings (SSSR count). The summed E-state index contributed by atoms with van der Waals surface area (Å²) < 4.78 is 0. The number of rotatable bonds is 6. The summed E-state index contributed by atoms with van der Waals surface area (Å²) in [6.07, 6.45) is 3.50. The molecule has 0 heterocycles. The standard InChI is InChI=1S/C8H15NO2/c1-2-3-6-9-8(11)5-4-7-10/h2,10H,1,3-7H2,(H,9,11). The number of hydrogen-bond acceptors (Lipinski definition) is 2. The summed E-state index contributed by atoms with van der Waals surface area (Å²) in [4.78, 5) is 10.8. The van der Waals surface area contributed by atoms with E-state index >= 15 is 0 Å². The summed E-state index contributed by atoms with van der Waals surface area (Å²) in [5.74, 6) is 0.000833. The molecule has 0 aliphatic heterocycles. The lowest BCUT2D eigenvalue weighted by Gasteiger charge is -2.00. The molecule has 0 radical (unpaired) electrons. The smallest absolute Gasteiger partial charge is 0.220 e. The zero-order valence-corrected chi connectivity index (χ0v) is 6.68. The lowest BCUT2D eigenvalue weighted by atomic mass is 10.3. The Bertz CT molecular complexity index is 123. The normalized spacial score (nSPS) is 9.18. The van der Waals surface area contributed by atoms with Crippen LogP contribution in [0, 0.1) is 0 Å². The van der Waals surface area contributed by atoms with Crippen molar-refractivity contribution in [2.75, 3.05) is 13.2 Å². The average molecular weight is 157 g/mol. The van der Waals surface area contributed by atoms with Crippen molar-refractivity contribution in [3.8, 4) is 0 Å². The van der Waals surface area contributed by atoms with Gasteiger partial charge < -0.3 is 10.4 Å². The second-order valence-electron chi connectivity index (χ2n) is 2.25. The first-order valence-corrected chi connectivity index (χ1v) is 3.79. The molecule has 0 aliphatic carbocycles. The third kappa shape index (κ3) is 7.06. The molecule has 0 aromatic carbocycles. The first kappa shape index (κ1) is 10.2. The van der Waals surface area contributed by atoms with Crippen LogP contribution in [0.15, 0.2) is 12.7 Å². The number of carbonyl (C=O) groups excluding carboxylic acids is 1.